The Kier molecular flexibility index (Phi) is 5.13. The number of nitrogens with zero attached hydrogens (tertiary/aromatic N) is 1. The molecule has 1 atom stereocenters. The lowest BCUT2D eigenvalue weighted by Crippen LogP contribution is -2.45. The fourth-order valence-corrected chi connectivity index (χ4v) is 2.44. The van der Waals surface area contributed by atoms with Gasteiger partial charge in [-0.15, -0.1) is 0 Å². The lowest BCUT2D eigenvalue weighted by Gasteiger charge is -2.31. The normalized spacial score (nSPS) is 17.9. The third kappa shape index (κ3) is 3.78. The van der Waals surface area contributed by atoms with Gasteiger partial charge in [-0.05, 0) is 31.9 Å². The number of amides is 1. The highest BCUT2D eigenvalue weighted by Crippen LogP contribution is 2.27. The minimum Gasteiger partial charge on any atom is -0.481 e. The quantitative estimate of drug-likeness (QED) is 0.932. The molecular formula is C14H17Cl2NO3. The van der Waals surface area contributed by atoms with Crippen LogP contribution in [0.1, 0.15) is 19.8 Å². The fraction of sp³-hybridized carbons (Fsp3) is 0.500. The van der Waals surface area contributed by atoms with Gasteiger partial charge in [-0.2, -0.15) is 0 Å². The Labute approximate surface area is 128 Å². The molecule has 1 fully saturated rings. The molecule has 1 N–H and O–H groups in total. The smallest absolute Gasteiger partial charge is 0.263 e. The molecule has 1 aromatic carbocycles. The van der Waals surface area contributed by atoms with Gasteiger partial charge in [0.1, 0.15) is 5.75 Å². The van der Waals surface area contributed by atoms with Crippen LogP contribution in [0.5, 0.6) is 5.75 Å². The molecular weight excluding hydrogens is 301 g/mol. The van der Waals surface area contributed by atoms with Crippen molar-refractivity contribution in [2.75, 3.05) is 13.1 Å². The molecule has 1 unspecified atom stereocenters. The Balaban J connectivity index is 1.95. The predicted octanol–water partition coefficient (Wildman–Crippen LogP) is 2.74. The van der Waals surface area contributed by atoms with Crippen LogP contribution in [0.4, 0.5) is 0 Å². The van der Waals surface area contributed by atoms with E-state index in [1.54, 1.807) is 30.0 Å². The molecule has 2 rings (SSSR count). The van der Waals surface area contributed by atoms with Crippen LogP contribution in [0.15, 0.2) is 18.2 Å². The van der Waals surface area contributed by atoms with Gasteiger partial charge in [0.15, 0.2) is 6.10 Å². The van der Waals surface area contributed by atoms with Gasteiger partial charge in [0, 0.05) is 19.2 Å². The minimum atomic E-state index is -0.595. The highest BCUT2D eigenvalue weighted by atomic mass is 35.5. The molecule has 1 saturated heterocycles. The number of carbonyl (C=O) groups is 1. The number of ether oxygens (including phenoxy) is 1. The van der Waals surface area contributed by atoms with Crippen LogP contribution in [0.2, 0.25) is 10.0 Å². The van der Waals surface area contributed by atoms with Gasteiger partial charge in [0.2, 0.25) is 0 Å². The molecule has 110 valence electrons. The van der Waals surface area contributed by atoms with E-state index in [9.17, 15) is 9.90 Å². The maximum atomic E-state index is 12.2. The van der Waals surface area contributed by atoms with Gasteiger partial charge in [0.05, 0.1) is 16.1 Å². The van der Waals surface area contributed by atoms with E-state index in [-0.39, 0.29) is 12.0 Å². The van der Waals surface area contributed by atoms with Crippen molar-refractivity contribution < 1.29 is 14.6 Å². The van der Waals surface area contributed by atoms with Crippen molar-refractivity contribution in [3.05, 3.63) is 28.2 Å². The molecule has 20 heavy (non-hydrogen) atoms. The number of rotatable bonds is 3. The Morgan fingerprint density at radius 1 is 1.35 bits per heavy atom. The second kappa shape index (κ2) is 6.66. The maximum Gasteiger partial charge on any atom is 0.263 e. The third-order valence-electron chi connectivity index (χ3n) is 3.33. The van der Waals surface area contributed by atoms with Gasteiger partial charge in [-0.1, -0.05) is 23.2 Å². The lowest BCUT2D eigenvalue weighted by molar-refractivity contribution is -0.139. The van der Waals surface area contributed by atoms with E-state index in [1.165, 1.54) is 0 Å². The first kappa shape index (κ1) is 15.4. The topological polar surface area (TPSA) is 49.8 Å². The van der Waals surface area contributed by atoms with Crippen LogP contribution in [-0.4, -0.2) is 41.2 Å². The van der Waals surface area contributed by atoms with Crippen molar-refractivity contribution in [1.29, 1.82) is 0 Å². The zero-order valence-corrected chi connectivity index (χ0v) is 12.7. The second-order valence-electron chi connectivity index (χ2n) is 4.89. The molecule has 0 spiro atoms. The van der Waals surface area contributed by atoms with Crippen molar-refractivity contribution in [3.8, 4) is 5.75 Å². The monoisotopic (exact) mass is 317 g/mol. The Morgan fingerprint density at radius 3 is 2.60 bits per heavy atom. The van der Waals surface area contributed by atoms with Crippen molar-refractivity contribution in [1.82, 2.24) is 4.90 Å². The van der Waals surface area contributed by atoms with E-state index < -0.39 is 6.10 Å². The number of carbonyl (C=O) groups excluding carboxylic acids is 1. The summed E-state index contributed by atoms with van der Waals surface area (Å²) in [7, 11) is 0. The average molecular weight is 318 g/mol. The number of benzene rings is 1. The Hall–Kier alpha value is -0.970. The predicted molar refractivity (Wildman–Crippen MR) is 78.4 cm³/mol. The highest BCUT2D eigenvalue weighted by molar-refractivity contribution is 6.42. The summed E-state index contributed by atoms with van der Waals surface area (Å²) in [5.41, 5.74) is 0. The van der Waals surface area contributed by atoms with Crippen molar-refractivity contribution >= 4 is 29.1 Å². The molecule has 1 aliphatic heterocycles. The standard InChI is InChI=1S/C14H17Cl2NO3/c1-9(14(19)17-6-4-10(18)5-7-17)20-11-2-3-12(15)13(16)8-11/h2-3,8-10,18H,4-7H2,1H3. The van der Waals surface area contributed by atoms with Gasteiger partial charge >= 0.3 is 0 Å². The zero-order chi connectivity index (χ0) is 14.7. The lowest BCUT2D eigenvalue weighted by atomic mass is 10.1. The van der Waals surface area contributed by atoms with Crippen molar-refractivity contribution in [3.63, 3.8) is 0 Å². The first-order valence-electron chi connectivity index (χ1n) is 6.56. The van der Waals surface area contributed by atoms with E-state index >= 15 is 0 Å². The number of hydrogen-bond donors (Lipinski definition) is 1. The largest absolute Gasteiger partial charge is 0.481 e. The molecule has 4 nitrogen and oxygen atoms in total. The summed E-state index contributed by atoms with van der Waals surface area (Å²) in [6.45, 7) is 2.83. The number of aliphatic hydroxyl groups excluding tert-OH is 1. The van der Waals surface area contributed by atoms with Crippen molar-refractivity contribution in [2.24, 2.45) is 0 Å². The molecule has 1 aliphatic rings. The van der Waals surface area contributed by atoms with E-state index in [0.29, 0.717) is 41.7 Å². The Bertz CT molecular complexity index is 487. The molecule has 6 heteroatoms. The van der Waals surface area contributed by atoms with Gasteiger partial charge in [-0.25, -0.2) is 0 Å². The molecule has 1 aromatic rings. The summed E-state index contributed by atoms with van der Waals surface area (Å²) >= 11 is 11.7. The number of halogens is 2. The van der Waals surface area contributed by atoms with Gasteiger partial charge < -0.3 is 14.7 Å². The summed E-state index contributed by atoms with van der Waals surface area (Å²) in [6, 6.07) is 4.90. The average Bonchev–Trinajstić information content (AvgIpc) is 2.43. The first-order valence-corrected chi connectivity index (χ1v) is 7.31. The second-order valence-corrected chi connectivity index (χ2v) is 5.71. The van der Waals surface area contributed by atoms with Crippen molar-refractivity contribution in [2.45, 2.75) is 32.0 Å². The molecule has 0 aliphatic carbocycles. The summed E-state index contributed by atoms with van der Waals surface area (Å²) in [6.07, 6.45) is 0.337. The number of hydrogen-bond acceptors (Lipinski definition) is 3. The summed E-state index contributed by atoms with van der Waals surface area (Å²) < 4.78 is 5.60. The number of likely N-dealkylation sites (tertiary alicyclic amines) is 1. The SMILES string of the molecule is CC(Oc1ccc(Cl)c(Cl)c1)C(=O)N1CCC(O)CC1. The Morgan fingerprint density at radius 2 is 2.00 bits per heavy atom. The van der Waals surface area contributed by atoms with Crippen LogP contribution >= 0.6 is 23.2 Å². The fourth-order valence-electron chi connectivity index (χ4n) is 2.15. The molecule has 1 amide bonds. The highest BCUT2D eigenvalue weighted by Gasteiger charge is 2.26. The van der Waals surface area contributed by atoms with Crippen LogP contribution in [0, 0.1) is 0 Å². The van der Waals surface area contributed by atoms with Crippen LogP contribution in [0.3, 0.4) is 0 Å². The van der Waals surface area contributed by atoms with E-state index in [1.807, 2.05) is 0 Å². The van der Waals surface area contributed by atoms with E-state index in [2.05, 4.69) is 0 Å². The van der Waals surface area contributed by atoms with Crippen LogP contribution < -0.4 is 4.74 Å². The summed E-state index contributed by atoms with van der Waals surface area (Å²) in [4.78, 5) is 13.9. The van der Waals surface area contributed by atoms with Gasteiger partial charge in [-0.3, -0.25) is 4.79 Å². The van der Waals surface area contributed by atoms with E-state index in [0.717, 1.165) is 0 Å². The van der Waals surface area contributed by atoms with Crippen LogP contribution in [0.25, 0.3) is 0 Å². The number of aliphatic hydroxyl groups is 1. The molecule has 0 saturated carbocycles. The number of piperidine rings is 1. The zero-order valence-electron chi connectivity index (χ0n) is 11.2. The molecule has 0 aromatic heterocycles. The molecule has 0 bridgehead atoms. The third-order valence-corrected chi connectivity index (χ3v) is 4.07. The minimum absolute atomic E-state index is 0.0806. The first-order chi connectivity index (χ1) is 9.47. The van der Waals surface area contributed by atoms with Crippen LogP contribution in [-0.2, 0) is 4.79 Å². The maximum absolute atomic E-state index is 12.2. The molecule has 0 radical (unpaired) electrons. The summed E-state index contributed by atoms with van der Waals surface area (Å²) in [5, 5.41) is 10.3. The molecule has 1 heterocycles. The van der Waals surface area contributed by atoms with Gasteiger partial charge in [0.25, 0.3) is 5.91 Å². The van der Waals surface area contributed by atoms with E-state index in [4.69, 9.17) is 27.9 Å². The summed E-state index contributed by atoms with van der Waals surface area (Å²) in [5.74, 6) is 0.431.